The van der Waals surface area contributed by atoms with Crippen LogP contribution in [0, 0.1) is 5.82 Å². The number of halogens is 1. The van der Waals surface area contributed by atoms with E-state index in [4.69, 9.17) is 0 Å². The SMILES string of the molecule is Cn1nc(C(=O)Nc2[nH]ncc2-c2ccc(F)cc2)c2ccccc2c1=O. The third kappa shape index (κ3) is 2.97. The van der Waals surface area contributed by atoms with E-state index >= 15 is 0 Å². The number of fused-ring (bicyclic) bond motifs is 1. The second kappa shape index (κ2) is 6.49. The predicted molar refractivity (Wildman–Crippen MR) is 98.9 cm³/mol. The average Bonchev–Trinajstić information content (AvgIpc) is 3.13. The Morgan fingerprint density at radius 3 is 2.56 bits per heavy atom. The van der Waals surface area contributed by atoms with E-state index in [9.17, 15) is 14.0 Å². The maximum Gasteiger partial charge on any atom is 0.277 e. The van der Waals surface area contributed by atoms with Gasteiger partial charge in [-0.2, -0.15) is 10.2 Å². The first-order valence-electron chi connectivity index (χ1n) is 8.11. The van der Waals surface area contributed by atoms with Crippen LogP contribution in [-0.2, 0) is 7.05 Å². The molecular weight excluding hydrogens is 349 g/mol. The summed E-state index contributed by atoms with van der Waals surface area (Å²) in [5, 5.41) is 14.4. The number of benzene rings is 2. The Morgan fingerprint density at radius 1 is 1.11 bits per heavy atom. The molecule has 0 aliphatic rings. The quantitative estimate of drug-likeness (QED) is 0.585. The number of anilines is 1. The van der Waals surface area contributed by atoms with E-state index < -0.39 is 5.91 Å². The third-order valence-corrected chi connectivity index (χ3v) is 4.20. The summed E-state index contributed by atoms with van der Waals surface area (Å²) >= 11 is 0. The maximum atomic E-state index is 13.1. The van der Waals surface area contributed by atoms with Gasteiger partial charge in [0, 0.05) is 18.0 Å². The normalized spacial score (nSPS) is 10.9. The van der Waals surface area contributed by atoms with Gasteiger partial charge < -0.3 is 5.32 Å². The van der Waals surface area contributed by atoms with Gasteiger partial charge in [0.25, 0.3) is 11.5 Å². The monoisotopic (exact) mass is 363 g/mol. The Hall–Kier alpha value is -3.81. The van der Waals surface area contributed by atoms with Crippen LogP contribution < -0.4 is 10.9 Å². The number of H-pyrrole nitrogens is 1. The van der Waals surface area contributed by atoms with Gasteiger partial charge in [-0.1, -0.05) is 30.3 Å². The lowest BCUT2D eigenvalue weighted by atomic mass is 10.1. The van der Waals surface area contributed by atoms with Gasteiger partial charge in [-0.05, 0) is 23.8 Å². The van der Waals surface area contributed by atoms with Crippen molar-refractivity contribution in [1.29, 1.82) is 0 Å². The lowest BCUT2D eigenvalue weighted by Gasteiger charge is -2.09. The molecule has 0 spiro atoms. The highest BCUT2D eigenvalue weighted by atomic mass is 19.1. The van der Waals surface area contributed by atoms with Gasteiger partial charge in [0.2, 0.25) is 0 Å². The number of hydrogen-bond acceptors (Lipinski definition) is 4. The second-order valence-corrected chi connectivity index (χ2v) is 5.94. The van der Waals surface area contributed by atoms with Crippen LogP contribution >= 0.6 is 0 Å². The summed E-state index contributed by atoms with van der Waals surface area (Å²) < 4.78 is 14.3. The minimum absolute atomic E-state index is 0.118. The fraction of sp³-hybridized carbons (Fsp3) is 0.0526. The lowest BCUT2D eigenvalue weighted by Crippen LogP contribution is -2.25. The standard InChI is InChI=1S/C19H14FN5O2/c1-25-19(27)14-5-3-2-4-13(14)16(24-25)18(26)22-17-15(10-21-23-17)11-6-8-12(20)9-7-11/h2-10H,1H3,(H2,21,22,23,26). The van der Waals surface area contributed by atoms with Crippen molar-refractivity contribution in [3.8, 4) is 11.1 Å². The number of rotatable bonds is 3. The number of aryl methyl sites for hydroxylation is 1. The molecule has 134 valence electrons. The Kier molecular flexibility index (Phi) is 4.00. The number of carbonyl (C=O) groups excluding carboxylic acids is 1. The molecule has 0 atom stereocenters. The highest BCUT2D eigenvalue weighted by Crippen LogP contribution is 2.26. The number of nitrogens with zero attached hydrogens (tertiary/aromatic N) is 3. The molecule has 0 fully saturated rings. The smallest absolute Gasteiger partial charge is 0.277 e. The van der Waals surface area contributed by atoms with Crippen LogP contribution in [-0.4, -0.2) is 25.9 Å². The van der Waals surface area contributed by atoms with Gasteiger partial charge in [0.15, 0.2) is 5.69 Å². The highest BCUT2D eigenvalue weighted by Gasteiger charge is 2.18. The number of nitrogens with one attached hydrogen (secondary N) is 2. The zero-order valence-electron chi connectivity index (χ0n) is 14.2. The van der Waals surface area contributed by atoms with Crippen molar-refractivity contribution in [3.05, 3.63) is 76.6 Å². The number of hydrogen-bond donors (Lipinski definition) is 2. The summed E-state index contributed by atoms with van der Waals surface area (Å²) in [5.74, 6) is -0.491. The molecule has 0 saturated heterocycles. The highest BCUT2D eigenvalue weighted by molar-refractivity contribution is 6.11. The Labute approximate surface area is 152 Å². The maximum absolute atomic E-state index is 13.1. The van der Waals surface area contributed by atoms with E-state index in [1.54, 1.807) is 36.4 Å². The molecule has 2 heterocycles. The van der Waals surface area contributed by atoms with E-state index in [2.05, 4.69) is 20.6 Å². The molecule has 4 aromatic rings. The average molecular weight is 363 g/mol. The van der Waals surface area contributed by atoms with Gasteiger partial charge in [0.05, 0.1) is 11.6 Å². The number of carbonyl (C=O) groups is 1. The Morgan fingerprint density at radius 2 is 1.81 bits per heavy atom. The van der Waals surface area contributed by atoms with E-state index in [-0.39, 0.29) is 17.1 Å². The van der Waals surface area contributed by atoms with Gasteiger partial charge in [-0.15, -0.1) is 0 Å². The van der Waals surface area contributed by atoms with Crippen LogP contribution in [0.5, 0.6) is 0 Å². The first-order valence-corrected chi connectivity index (χ1v) is 8.11. The molecule has 7 nitrogen and oxygen atoms in total. The van der Waals surface area contributed by atoms with Crippen LogP contribution in [0.15, 0.2) is 59.5 Å². The number of aromatic nitrogens is 4. The van der Waals surface area contributed by atoms with Crippen LogP contribution in [0.2, 0.25) is 0 Å². The molecule has 0 unspecified atom stereocenters. The molecule has 2 aromatic carbocycles. The van der Waals surface area contributed by atoms with Crippen molar-refractivity contribution in [2.75, 3.05) is 5.32 Å². The minimum Gasteiger partial charge on any atom is -0.305 e. The summed E-state index contributed by atoms with van der Waals surface area (Å²) in [4.78, 5) is 25.0. The van der Waals surface area contributed by atoms with E-state index in [1.165, 1.54) is 25.4 Å². The molecule has 0 aliphatic carbocycles. The van der Waals surface area contributed by atoms with E-state index in [1.807, 2.05) is 0 Å². The van der Waals surface area contributed by atoms with Crippen LogP contribution in [0.25, 0.3) is 21.9 Å². The zero-order valence-corrected chi connectivity index (χ0v) is 14.2. The van der Waals surface area contributed by atoms with Gasteiger partial charge in [0.1, 0.15) is 11.6 Å². The van der Waals surface area contributed by atoms with Crippen LogP contribution in [0.1, 0.15) is 10.5 Å². The first-order chi connectivity index (χ1) is 13.0. The summed E-state index contributed by atoms with van der Waals surface area (Å²) in [5.41, 5.74) is 1.14. The van der Waals surface area contributed by atoms with Crippen molar-refractivity contribution >= 4 is 22.5 Å². The number of aromatic amines is 1. The minimum atomic E-state index is -0.491. The molecule has 2 N–H and O–H groups in total. The predicted octanol–water partition coefficient (Wildman–Crippen LogP) is 2.72. The molecule has 8 heteroatoms. The topological polar surface area (TPSA) is 92.7 Å². The molecule has 1 amide bonds. The van der Waals surface area contributed by atoms with Crippen LogP contribution in [0.3, 0.4) is 0 Å². The fourth-order valence-corrected chi connectivity index (χ4v) is 2.87. The van der Waals surface area contributed by atoms with Crippen LogP contribution in [0.4, 0.5) is 10.2 Å². The summed E-state index contributed by atoms with van der Waals surface area (Å²) in [7, 11) is 1.49. The third-order valence-electron chi connectivity index (χ3n) is 4.20. The van der Waals surface area contributed by atoms with E-state index in [0.29, 0.717) is 27.7 Å². The summed E-state index contributed by atoms with van der Waals surface area (Å²) in [6.07, 6.45) is 1.54. The van der Waals surface area contributed by atoms with Crippen molar-refractivity contribution < 1.29 is 9.18 Å². The lowest BCUT2D eigenvalue weighted by molar-refractivity contribution is 0.102. The zero-order chi connectivity index (χ0) is 19.0. The molecule has 2 aromatic heterocycles. The molecule has 0 aliphatic heterocycles. The molecule has 0 saturated carbocycles. The van der Waals surface area contributed by atoms with Crippen molar-refractivity contribution in [2.45, 2.75) is 0 Å². The van der Waals surface area contributed by atoms with Gasteiger partial charge in [-0.25, -0.2) is 9.07 Å². The molecular formula is C19H14FN5O2. The molecule has 0 radical (unpaired) electrons. The van der Waals surface area contributed by atoms with Crippen molar-refractivity contribution in [2.24, 2.45) is 7.05 Å². The van der Waals surface area contributed by atoms with Crippen molar-refractivity contribution in [1.82, 2.24) is 20.0 Å². The first kappa shape index (κ1) is 16.6. The van der Waals surface area contributed by atoms with Gasteiger partial charge >= 0.3 is 0 Å². The molecule has 0 bridgehead atoms. The second-order valence-electron chi connectivity index (χ2n) is 5.94. The molecule has 4 rings (SSSR count). The van der Waals surface area contributed by atoms with Gasteiger partial charge in [-0.3, -0.25) is 14.7 Å². The number of amides is 1. The van der Waals surface area contributed by atoms with Crippen molar-refractivity contribution in [3.63, 3.8) is 0 Å². The fourth-order valence-electron chi connectivity index (χ4n) is 2.87. The summed E-state index contributed by atoms with van der Waals surface area (Å²) in [6.45, 7) is 0. The summed E-state index contributed by atoms with van der Waals surface area (Å²) in [6, 6.07) is 12.6. The Bertz CT molecular complexity index is 1210. The molecule has 27 heavy (non-hydrogen) atoms. The van der Waals surface area contributed by atoms with E-state index in [0.717, 1.165) is 4.68 Å². The Balaban J connectivity index is 1.74. The largest absolute Gasteiger partial charge is 0.305 e.